The maximum Gasteiger partial charge on any atom is 0.418 e. The van der Waals surface area contributed by atoms with E-state index in [1.54, 1.807) is 6.92 Å². The molecule has 0 aliphatic carbocycles. The molecule has 1 aromatic carbocycles. The van der Waals surface area contributed by atoms with Gasteiger partial charge in [-0.15, -0.1) is 0 Å². The van der Waals surface area contributed by atoms with Crippen molar-refractivity contribution < 1.29 is 27.5 Å². The molecule has 1 saturated heterocycles. The molecule has 1 N–H and O–H groups in total. The van der Waals surface area contributed by atoms with Gasteiger partial charge >= 0.3 is 12.3 Å². The number of amides is 2. The van der Waals surface area contributed by atoms with Crippen molar-refractivity contribution in [1.82, 2.24) is 20.0 Å². The predicted molar refractivity (Wildman–Crippen MR) is 109 cm³/mol. The number of aromatic nitrogens is 2. The van der Waals surface area contributed by atoms with Gasteiger partial charge in [0, 0.05) is 30.9 Å². The summed E-state index contributed by atoms with van der Waals surface area (Å²) >= 11 is 0. The minimum absolute atomic E-state index is 0.158. The van der Waals surface area contributed by atoms with Gasteiger partial charge in [0.1, 0.15) is 0 Å². The predicted octanol–water partition coefficient (Wildman–Crippen LogP) is 2.91. The maximum atomic E-state index is 13.4. The minimum atomic E-state index is -4.64. The molecule has 0 radical (unpaired) electrons. The van der Waals surface area contributed by atoms with Crippen molar-refractivity contribution >= 4 is 12.0 Å². The number of alkyl halides is 3. The summed E-state index contributed by atoms with van der Waals surface area (Å²) in [6, 6.07) is 5.57. The number of aryl methyl sites for hydroxylation is 1. The van der Waals surface area contributed by atoms with Gasteiger partial charge in [0.25, 0.3) is 5.91 Å². The number of carbonyl (C=O) groups excluding carboxylic acids is 2. The minimum Gasteiger partial charge on any atom is -0.450 e. The Morgan fingerprint density at radius 2 is 1.88 bits per heavy atom. The second kappa shape index (κ2) is 9.41. The lowest BCUT2D eigenvalue weighted by Gasteiger charge is -2.31. The first kappa shape index (κ1) is 23.3. The van der Waals surface area contributed by atoms with Crippen LogP contribution in [0.5, 0.6) is 0 Å². The number of para-hydroxylation sites is 1. The lowest BCUT2D eigenvalue weighted by atomic mass is 10.1. The van der Waals surface area contributed by atoms with E-state index in [-0.39, 0.29) is 24.0 Å². The summed E-state index contributed by atoms with van der Waals surface area (Å²) in [5.41, 5.74) is -2.25. The van der Waals surface area contributed by atoms with Crippen LogP contribution < -0.4 is 10.7 Å². The number of benzene rings is 1. The highest BCUT2D eigenvalue weighted by atomic mass is 19.4. The number of halogens is 3. The van der Waals surface area contributed by atoms with E-state index in [0.29, 0.717) is 25.9 Å². The zero-order chi connectivity index (χ0) is 23.5. The van der Waals surface area contributed by atoms with E-state index in [1.807, 2.05) is 0 Å². The molecule has 1 fully saturated rings. The molecule has 172 valence electrons. The molecule has 32 heavy (non-hydrogen) atoms. The van der Waals surface area contributed by atoms with Crippen LogP contribution in [0.3, 0.4) is 0 Å². The summed E-state index contributed by atoms with van der Waals surface area (Å²) in [6.45, 7) is 4.15. The lowest BCUT2D eigenvalue weighted by molar-refractivity contribution is -0.137. The van der Waals surface area contributed by atoms with Gasteiger partial charge in [-0.1, -0.05) is 12.1 Å². The quantitative estimate of drug-likeness (QED) is 0.770. The van der Waals surface area contributed by atoms with Crippen molar-refractivity contribution in [2.24, 2.45) is 0 Å². The summed E-state index contributed by atoms with van der Waals surface area (Å²) in [7, 11) is 0. The number of rotatable bonds is 4. The zero-order valence-corrected chi connectivity index (χ0v) is 17.6. The Balaban J connectivity index is 1.81. The Kier molecular flexibility index (Phi) is 6.85. The fourth-order valence-corrected chi connectivity index (χ4v) is 3.52. The van der Waals surface area contributed by atoms with E-state index < -0.39 is 34.9 Å². The van der Waals surface area contributed by atoms with E-state index in [4.69, 9.17) is 4.74 Å². The van der Waals surface area contributed by atoms with E-state index in [9.17, 15) is 27.6 Å². The molecule has 0 spiro atoms. The molecule has 1 aliphatic rings. The van der Waals surface area contributed by atoms with Crippen molar-refractivity contribution in [3.63, 3.8) is 0 Å². The van der Waals surface area contributed by atoms with Gasteiger partial charge in [0.05, 0.1) is 17.9 Å². The van der Waals surface area contributed by atoms with Crippen LogP contribution in [-0.2, 0) is 10.9 Å². The smallest absolute Gasteiger partial charge is 0.418 e. The monoisotopic (exact) mass is 452 g/mol. The molecule has 1 aromatic heterocycles. The highest BCUT2D eigenvalue weighted by molar-refractivity contribution is 5.92. The van der Waals surface area contributed by atoms with Crippen LogP contribution in [0.25, 0.3) is 5.69 Å². The normalized spacial score (nSPS) is 14.8. The Bertz CT molecular complexity index is 1060. The average molecular weight is 452 g/mol. The number of likely N-dealkylation sites (tertiary alicyclic amines) is 1. The Morgan fingerprint density at radius 1 is 1.22 bits per heavy atom. The highest BCUT2D eigenvalue weighted by Gasteiger charge is 2.34. The summed E-state index contributed by atoms with van der Waals surface area (Å²) in [4.78, 5) is 38.4. The molecule has 11 heteroatoms. The molecule has 1 aliphatic heterocycles. The topological polar surface area (TPSA) is 93.5 Å². The molecule has 2 amide bonds. The number of nitrogens with zero attached hydrogens (tertiary/aromatic N) is 3. The van der Waals surface area contributed by atoms with Gasteiger partial charge in [-0.25, -0.2) is 9.48 Å². The van der Waals surface area contributed by atoms with Gasteiger partial charge in [0.2, 0.25) is 5.43 Å². The second-order valence-corrected chi connectivity index (χ2v) is 7.36. The van der Waals surface area contributed by atoms with Crippen molar-refractivity contribution in [3.05, 3.63) is 57.5 Å². The first-order valence-corrected chi connectivity index (χ1v) is 10.1. The van der Waals surface area contributed by atoms with E-state index in [1.165, 1.54) is 30.0 Å². The summed E-state index contributed by atoms with van der Waals surface area (Å²) in [6.07, 6.45) is -4.17. The van der Waals surface area contributed by atoms with E-state index in [2.05, 4.69) is 10.4 Å². The molecule has 0 unspecified atom stereocenters. The standard InChI is InChI=1S/C21H23F3N4O4/c1-3-32-20(31)27-10-8-14(9-11-27)25-19(30)18-17(29)12-13(2)28(26-18)16-7-5-4-6-15(16)21(22,23)24/h4-7,12,14H,3,8-11H2,1-2H3,(H,25,30). The van der Waals surface area contributed by atoms with E-state index in [0.717, 1.165) is 16.8 Å². The number of piperidine rings is 1. The van der Waals surface area contributed by atoms with Crippen LogP contribution in [0.1, 0.15) is 41.5 Å². The lowest BCUT2D eigenvalue weighted by Crippen LogP contribution is -2.47. The number of carbonyl (C=O) groups is 2. The SMILES string of the molecule is CCOC(=O)N1CCC(NC(=O)c2nn(-c3ccccc3C(F)(F)F)c(C)cc2=O)CC1. The third kappa shape index (κ3) is 5.09. The van der Waals surface area contributed by atoms with Crippen LogP contribution in [0.2, 0.25) is 0 Å². The van der Waals surface area contributed by atoms with Crippen LogP contribution in [-0.4, -0.2) is 52.4 Å². The van der Waals surface area contributed by atoms with Crippen LogP contribution in [0.15, 0.2) is 35.1 Å². The summed E-state index contributed by atoms with van der Waals surface area (Å²) in [5, 5.41) is 6.65. The largest absolute Gasteiger partial charge is 0.450 e. The fraction of sp³-hybridized carbons (Fsp3) is 0.429. The van der Waals surface area contributed by atoms with E-state index >= 15 is 0 Å². The zero-order valence-electron chi connectivity index (χ0n) is 17.6. The Labute approximate surface area is 182 Å². The van der Waals surface area contributed by atoms with Crippen molar-refractivity contribution in [2.45, 2.75) is 38.9 Å². The number of ether oxygens (including phenoxy) is 1. The summed E-state index contributed by atoms with van der Waals surface area (Å²) in [5.74, 6) is -0.775. The second-order valence-electron chi connectivity index (χ2n) is 7.36. The van der Waals surface area contributed by atoms with Crippen molar-refractivity contribution in [2.75, 3.05) is 19.7 Å². The van der Waals surface area contributed by atoms with Crippen LogP contribution in [0.4, 0.5) is 18.0 Å². The number of hydrogen-bond acceptors (Lipinski definition) is 5. The number of hydrogen-bond donors (Lipinski definition) is 1. The third-order valence-electron chi connectivity index (χ3n) is 5.12. The molecular formula is C21H23F3N4O4. The average Bonchev–Trinajstić information content (AvgIpc) is 2.74. The molecule has 3 rings (SSSR count). The molecular weight excluding hydrogens is 429 g/mol. The van der Waals surface area contributed by atoms with Crippen molar-refractivity contribution in [3.8, 4) is 5.69 Å². The molecule has 2 aromatic rings. The maximum absolute atomic E-state index is 13.4. The van der Waals surface area contributed by atoms with Gasteiger partial charge < -0.3 is 15.0 Å². The number of nitrogens with one attached hydrogen (secondary N) is 1. The molecule has 0 saturated carbocycles. The molecule has 2 heterocycles. The Morgan fingerprint density at radius 3 is 2.50 bits per heavy atom. The van der Waals surface area contributed by atoms with Gasteiger partial charge in [0.15, 0.2) is 5.69 Å². The third-order valence-corrected chi connectivity index (χ3v) is 5.12. The highest BCUT2D eigenvalue weighted by Crippen LogP contribution is 2.33. The molecule has 0 bridgehead atoms. The van der Waals surface area contributed by atoms with Crippen LogP contribution >= 0.6 is 0 Å². The summed E-state index contributed by atoms with van der Waals surface area (Å²) < 4.78 is 46.2. The van der Waals surface area contributed by atoms with Crippen LogP contribution in [0, 0.1) is 6.92 Å². The Hall–Kier alpha value is -3.37. The van der Waals surface area contributed by atoms with Gasteiger partial charge in [-0.2, -0.15) is 18.3 Å². The molecule has 8 nitrogen and oxygen atoms in total. The molecule has 0 atom stereocenters. The fourth-order valence-electron chi connectivity index (χ4n) is 3.52. The first-order chi connectivity index (χ1) is 15.1. The van der Waals surface area contributed by atoms with Gasteiger partial charge in [-0.05, 0) is 38.8 Å². The first-order valence-electron chi connectivity index (χ1n) is 10.1. The van der Waals surface area contributed by atoms with Gasteiger partial charge in [-0.3, -0.25) is 9.59 Å². The van der Waals surface area contributed by atoms with Crippen molar-refractivity contribution in [1.29, 1.82) is 0 Å².